The third-order valence-corrected chi connectivity index (χ3v) is 6.24. The highest BCUT2D eigenvalue weighted by molar-refractivity contribution is 7.89. The minimum Gasteiger partial charge on any atom is -0.452 e. The highest BCUT2D eigenvalue weighted by Gasteiger charge is 2.26. The highest BCUT2D eigenvalue weighted by Crippen LogP contribution is 2.21. The van der Waals surface area contributed by atoms with Crippen molar-refractivity contribution < 1.29 is 27.1 Å². The average Bonchev–Trinajstić information content (AvgIpc) is 2.65. The van der Waals surface area contributed by atoms with Crippen LogP contribution in [0.5, 0.6) is 0 Å². The first-order valence-electron chi connectivity index (χ1n) is 8.97. The lowest BCUT2D eigenvalue weighted by molar-refractivity contribution is -0.125. The highest BCUT2D eigenvalue weighted by atomic mass is 32.2. The molecule has 0 radical (unpaired) electrons. The quantitative estimate of drug-likeness (QED) is 0.606. The number of carbonyl (C=O) groups excluding carboxylic acids is 2. The summed E-state index contributed by atoms with van der Waals surface area (Å²) in [5.74, 6) is -2.30. The van der Waals surface area contributed by atoms with Gasteiger partial charge in [-0.25, -0.2) is 17.6 Å². The van der Waals surface area contributed by atoms with Gasteiger partial charge in [-0.05, 0) is 31.0 Å². The molecule has 0 bridgehead atoms. The lowest BCUT2D eigenvalue weighted by atomic mass is 10.2. The van der Waals surface area contributed by atoms with Crippen molar-refractivity contribution in [2.75, 3.05) is 19.7 Å². The first-order chi connectivity index (χ1) is 12.7. The summed E-state index contributed by atoms with van der Waals surface area (Å²) in [4.78, 5) is 23.3. The molecule has 27 heavy (non-hydrogen) atoms. The maximum Gasteiger partial charge on any atom is 0.338 e. The first-order valence-corrected chi connectivity index (χ1v) is 10.4. The molecule has 0 aliphatic rings. The fraction of sp³-hybridized carbons (Fsp3) is 0.556. The molecule has 0 heterocycles. The van der Waals surface area contributed by atoms with Crippen LogP contribution in [0, 0.1) is 5.82 Å². The number of hydrogen-bond donors (Lipinski definition) is 1. The van der Waals surface area contributed by atoms with E-state index in [0.29, 0.717) is 0 Å². The molecule has 0 aromatic heterocycles. The Morgan fingerprint density at radius 3 is 2.26 bits per heavy atom. The van der Waals surface area contributed by atoms with Crippen LogP contribution in [0.1, 0.15) is 50.9 Å². The van der Waals surface area contributed by atoms with Gasteiger partial charge in [-0.2, -0.15) is 4.31 Å². The SMILES string of the molecule is CCC(CC)NC(=O)COC(=O)c1ccc(F)c(S(=O)(=O)N(CC)CC)c1. The summed E-state index contributed by atoms with van der Waals surface area (Å²) < 4.78 is 45.1. The van der Waals surface area contributed by atoms with Gasteiger partial charge in [0.15, 0.2) is 6.61 Å². The van der Waals surface area contributed by atoms with Gasteiger partial charge in [-0.1, -0.05) is 27.7 Å². The van der Waals surface area contributed by atoms with Crippen molar-refractivity contribution in [3.63, 3.8) is 0 Å². The number of rotatable bonds is 10. The van der Waals surface area contributed by atoms with Crippen LogP contribution < -0.4 is 5.32 Å². The Balaban J connectivity index is 2.93. The minimum absolute atomic E-state index is 0.00663. The van der Waals surface area contributed by atoms with Gasteiger partial charge in [0, 0.05) is 19.1 Å². The summed E-state index contributed by atoms with van der Waals surface area (Å²) in [5.41, 5.74) is -0.141. The zero-order chi connectivity index (χ0) is 20.6. The summed E-state index contributed by atoms with van der Waals surface area (Å²) >= 11 is 0. The van der Waals surface area contributed by atoms with E-state index in [1.165, 1.54) is 0 Å². The third-order valence-electron chi connectivity index (χ3n) is 4.18. The molecular formula is C18H27FN2O5S. The Labute approximate surface area is 159 Å². The van der Waals surface area contributed by atoms with Crippen LogP contribution in [0.3, 0.4) is 0 Å². The van der Waals surface area contributed by atoms with E-state index in [-0.39, 0.29) is 24.7 Å². The molecule has 1 N–H and O–H groups in total. The molecule has 0 aliphatic carbocycles. The number of carbonyl (C=O) groups is 2. The van der Waals surface area contributed by atoms with Gasteiger partial charge in [0.2, 0.25) is 10.0 Å². The normalized spacial score (nSPS) is 11.7. The van der Waals surface area contributed by atoms with Crippen molar-refractivity contribution in [2.45, 2.75) is 51.5 Å². The molecular weight excluding hydrogens is 375 g/mol. The minimum atomic E-state index is -4.07. The number of amides is 1. The predicted octanol–water partition coefficient (Wildman–Crippen LogP) is 2.32. The first kappa shape index (κ1) is 23.0. The zero-order valence-corrected chi connectivity index (χ0v) is 16.9. The van der Waals surface area contributed by atoms with Crippen LogP contribution >= 0.6 is 0 Å². The number of nitrogens with one attached hydrogen (secondary N) is 1. The van der Waals surface area contributed by atoms with Gasteiger partial charge in [0.25, 0.3) is 5.91 Å². The summed E-state index contributed by atoms with van der Waals surface area (Å²) in [6, 6.07) is 2.95. The molecule has 1 aromatic rings. The van der Waals surface area contributed by atoms with E-state index in [1.807, 2.05) is 13.8 Å². The predicted molar refractivity (Wildman–Crippen MR) is 99.3 cm³/mol. The van der Waals surface area contributed by atoms with E-state index in [0.717, 1.165) is 35.3 Å². The number of halogens is 1. The maximum absolute atomic E-state index is 14.1. The maximum atomic E-state index is 14.1. The van der Waals surface area contributed by atoms with E-state index >= 15 is 0 Å². The summed E-state index contributed by atoms with van der Waals surface area (Å²) in [5, 5.41) is 2.72. The molecule has 0 atom stereocenters. The lowest BCUT2D eigenvalue weighted by Crippen LogP contribution is -2.36. The number of hydrogen-bond acceptors (Lipinski definition) is 5. The van der Waals surface area contributed by atoms with Crippen molar-refractivity contribution in [1.29, 1.82) is 0 Å². The summed E-state index contributed by atoms with van der Waals surface area (Å²) in [7, 11) is -4.07. The molecule has 0 saturated heterocycles. The fourth-order valence-corrected chi connectivity index (χ4v) is 4.06. The van der Waals surface area contributed by atoms with E-state index in [4.69, 9.17) is 4.74 Å². The van der Waals surface area contributed by atoms with E-state index in [9.17, 15) is 22.4 Å². The molecule has 0 unspecified atom stereocenters. The van der Waals surface area contributed by atoms with E-state index in [1.54, 1.807) is 13.8 Å². The molecule has 1 rings (SSSR count). The second kappa shape index (κ2) is 10.4. The largest absolute Gasteiger partial charge is 0.452 e. The second-order valence-electron chi connectivity index (χ2n) is 5.89. The zero-order valence-electron chi connectivity index (χ0n) is 16.1. The standard InChI is InChI=1S/C18H27FN2O5S/c1-5-14(6-2)20-17(22)12-26-18(23)13-9-10-15(19)16(11-13)27(24,25)21(7-3)8-4/h9-11,14H,5-8,12H2,1-4H3,(H,20,22). The van der Waals surface area contributed by atoms with Crippen molar-refractivity contribution in [3.8, 4) is 0 Å². The summed E-state index contributed by atoms with van der Waals surface area (Å²) in [6.07, 6.45) is 1.50. The van der Waals surface area contributed by atoms with E-state index < -0.39 is 39.2 Å². The number of benzene rings is 1. The number of esters is 1. The Morgan fingerprint density at radius 2 is 1.74 bits per heavy atom. The third kappa shape index (κ3) is 6.00. The number of nitrogens with zero attached hydrogens (tertiary/aromatic N) is 1. The molecule has 0 aliphatic heterocycles. The van der Waals surface area contributed by atoms with Crippen LogP contribution in [-0.2, 0) is 19.6 Å². The molecule has 1 amide bonds. The Bertz CT molecular complexity index is 759. The van der Waals surface area contributed by atoms with Gasteiger partial charge in [0.1, 0.15) is 10.7 Å². The van der Waals surface area contributed by atoms with Crippen LogP contribution in [0.2, 0.25) is 0 Å². The van der Waals surface area contributed by atoms with Gasteiger partial charge < -0.3 is 10.1 Å². The van der Waals surface area contributed by atoms with Gasteiger partial charge in [0.05, 0.1) is 5.56 Å². The average molecular weight is 402 g/mol. The van der Waals surface area contributed by atoms with Crippen LogP contribution in [0.25, 0.3) is 0 Å². The Kier molecular flexibility index (Phi) is 8.84. The van der Waals surface area contributed by atoms with Gasteiger partial charge in [-0.3, -0.25) is 4.79 Å². The number of sulfonamides is 1. The van der Waals surface area contributed by atoms with Gasteiger partial charge in [-0.15, -0.1) is 0 Å². The molecule has 152 valence electrons. The van der Waals surface area contributed by atoms with Crippen LogP contribution in [-0.4, -0.2) is 50.3 Å². The number of ether oxygens (including phenoxy) is 1. The van der Waals surface area contributed by atoms with Crippen molar-refractivity contribution in [1.82, 2.24) is 9.62 Å². The molecule has 9 heteroatoms. The molecule has 1 aromatic carbocycles. The summed E-state index contributed by atoms with van der Waals surface area (Å²) in [6.45, 7) is 6.97. The van der Waals surface area contributed by atoms with Crippen LogP contribution in [0.15, 0.2) is 23.1 Å². The molecule has 0 spiro atoms. The van der Waals surface area contributed by atoms with Gasteiger partial charge >= 0.3 is 5.97 Å². The molecule has 0 fully saturated rings. The monoisotopic (exact) mass is 402 g/mol. The van der Waals surface area contributed by atoms with Crippen molar-refractivity contribution in [2.24, 2.45) is 0 Å². The van der Waals surface area contributed by atoms with Crippen LogP contribution in [0.4, 0.5) is 4.39 Å². The van der Waals surface area contributed by atoms with E-state index in [2.05, 4.69) is 5.32 Å². The Morgan fingerprint density at radius 1 is 1.15 bits per heavy atom. The fourth-order valence-electron chi connectivity index (χ4n) is 2.51. The lowest BCUT2D eigenvalue weighted by Gasteiger charge is -2.19. The molecule has 7 nitrogen and oxygen atoms in total. The molecule has 0 saturated carbocycles. The van der Waals surface area contributed by atoms with Crippen molar-refractivity contribution in [3.05, 3.63) is 29.6 Å². The second-order valence-corrected chi connectivity index (χ2v) is 7.80. The Hall–Kier alpha value is -2.00. The topological polar surface area (TPSA) is 92.8 Å². The van der Waals surface area contributed by atoms with Crippen molar-refractivity contribution >= 4 is 21.9 Å². The smallest absolute Gasteiger partial charge is 0.338 e.